The Bertz CT molecular complexity index is 2020. The third-order valence-corrected chi connectivity index (χ3v) is 17.0. The normalized spacial score (nSPS) is 20.8. The van der Waals surface area contributed by atoms with Gasteiger partial charge in [-0.25, -0.2) is 0 Å². The SMILES string of the molecule is C[C@@H](O[Si](c1ccccc1)(c1ccccc1)C(C)(C)C)C(=O)CCCCC[C@@H]1NC(=O)[C@H]2CCCN2C(=O)[C@H](Cc2ccccc2)NC(=O)[C@H](Cc2ccccc2)NC1=O. The third-order valence-electron chi connectivity index (χ3n) is 11.9. The van der Waals surface area contributed by atoms with Gasteiger partial charge >= 0.3 is 0 Å². The van der Waals surface area contributed by atoms with Crippen molar-refractivity contribution in [2.24, 2.45) is 0 Å². The van der Waals surface area contributed by atoms with E-state index in [0.29, 0.717) is 51.5 Å². The van der Waals surface area contributed by atoms with E-state index in [1.54, 1.807) is 4.90 Å². The molecule has 4 amide bonds. The summed E-state index contributed by atoms with van der Waals surface area (Å²) >= 11 is 0. The molecule has 0 spiro atoms. The molecule has 2 aliphatic rings. The molecule has 2 saturated heterocycles. The number of benzene rings is 4. The maximum atomic E-state index is 14.2. The van der Waals surface area contributed by atoms with E-state index in [9.17, 15) is 24.0 Å². The van der Waals surface area contributed by atoms with Gasteiger partial charge in [-0.05, 0) is 59.1 Å². The number of Topliss-reactive ketones (excluding diaryl/α,β-unsaturated/α-hetero) is 1. The quantitative estimate of drug-likeness (QED) is 0.108. The molecule has 2 heterocycles. The van der Waals surface area contributed by atoms with Gasteiger partial charge in [0.15, 0.2) is 5.78 Å². The van der Waals surface area contributed by atoms with Crippen molar-refractivity contribution in [1.82, 2.24) is 20.9 Å². The maximum Gasteiger partial charge on any atom is 0.262 e. The molecule has 0 bridgehead atoms. The smallest absolute Gasteiger partial charge is 0.262 e. The molecule has 2 aliphatic heterocycles. The lowest BCUT2D eigenvalue weighted by molar-refractivity contribution is -0.143. The topological polar surface area (TPSA) is 134 Å². The van der Waals surface area contributed by atoms with Crippen molar-refractivity contribution < 1.29 is 28.4 Å². The van der Waals surface area contributed by atoms with Crippen LogP contribution in [0.25, 0.3) is 0 Å². The highest BCUT2D eigenvalue weighted by molar-refractivity contribution is 6.99. The summed E-state index contributed by atoms with van der Waals surface area (Å²) in [6.45, 7) is 8.81. The number of nitrogens with one attached hydrogen (secondary N) is 3. The number of nitrogens with zero attached hydrogens (tertiary/aromatic N) is 1. The molecule has 316 valence electrons. The van der Waals surface area contributed by atoms with Crippen molar-refractivity contribution in [1.29, 1.82) is 0 Å². The summed E-state index contributed by atoms with van der Waals surface area (Å²) in [5.41, 5.74) is 1.71. The van der Waals surface area contributed by atoms with Crippen LogP contribution in [0.15, 0.2) is 121 Å². The van der Waals surface area contributed by atoms with Crippen LogP contribution in [-0.4, -0.2) is 79.4 Å². The first-order valence-electron chi connectivity index (χ1n) is 21.5. The zero-order chi connectivity index (χ0) is 42.7. The average molecular weight is 829 g/mol. The van der Waals surface area contributed by atoms with Crippen molar-refractivity contribution in [3.63, 3.8) is 0 Å². The molecule has 0 unspecified atom stereocenters. The van der Waals surface area contributed by atoms with Crippen molar-refractivity contribution in [3.8, 4) is 0 Å². The molecule has 0 saturated carbocycles. The molecular formula is C49H60N4O6Si. The van der Waals surface area contributed by atoms with Gasteiger partial charge < -0.3 is 25.3 Å². The van der Waals surface area contributed by atoms with E-state index in [1.807, 2.05) is 104 Å². The molecule has 4 aromatic rings. The number of amides is 4. The van der Waals surface area contributed by atoms with E-state index in [2.05, 4.69) is 61.0 Å². The van der Waals surface area contributed by atoms with Gasteiger partial charge in [0.2, 0.25) is 23.6 Å². The molecule has 5 atom stereocenters. The van der Waals surface area contributed by atoms with E-state index in [1.165, 1.54) is 0 Å². The number of carbonyl (C=O) groups is 5. The second-order valence-corrected chi connectivity index (χ2v) is 21.5. The van der Waals surface area contributed by atoms with Crippen LogP contribution in [-0.2, 0) is 41.2 Å². The number of hydrogen-bond acceptors (Lipinski definition) is 6. The number of carbonyl (C=O) groups excluding carboxylic acids is 5. The van der Waals surface area contributed by atoms with Crippen LogP contribution in [0, 0.1) is 0 Å². The number of unbranched alkanes of at least 4 members (excludes halogenated alkanes) is 2. The molecule has 60 heavy (non-hydrogen) atoms. The fourth-order valence-corrected chi connectivity index (χ4v) is 13.4. The number of rotatable bonds is 15. The van der Waals surface area contributed by atoms with Gasteiger partial charge in [-0.2, -0.15) is 0 Å². The Morgan fingerprint density at radius 2 is 1.15 bits per heavy atom. The predicted octanol–water partition coefficient (Wildman–Crippen LogP) is 5.42. The molecule has 6 rings (SSSR count). The lowest BCUT2D eigenvalue weighted by Gasteiger charge is -2.44. The summed E-state index contributed by atoms with van der Waals surface area (Å²) < 4.78 is 7.05. The minimum Gasteiger partial charge on any atom is -0.398 e. The van der Waals surface area contributed by atoms with Crippen molar-refractivity contribution in [2.75, 3.05) is 6.54 Å². The van der Waals surface area contributed by atoms with Crippen LogP contribution < -0.4 is 26.3 Å². The molecule has 0 aromatic heterocycles. The predicted molar refractivity (Wildman–Crippen MR) is 237 cm³/mol. The Balaban J connectivity index is 1.14. The Hall–Kier alpha value is -5.39. The summed E-state index contributed by atoms with van der Waals surface area (Å²) in [6, 6.07) is 35.8. The summed E-state index contributed by atoms with van der Waals surface area (Å²) in [5, 5.41) is 10.8. The van der Waals surface area contributed by atoms with Crippen LogP contribution in [0.1, 0.15) is 83.8 Å². The zero-order valence-electron chi connectivity index (χ0n) is 35.4. The fourth-order valence-electron chi connectivity index (χ4n) is 8.74. The van der Waals surface area contributed by atoms with Gasteiger partial charge in [-0.1, -0.05) is 155 Å². The highest BCUT2D eigenvalue weighted by atomic mass is 28.4. The largest absolute Gasteiger partial charge is 0.398 e. The van der Waals surface area contributed by atoms with Crippen LogP contribution >= 0.6 is 0 Å². The highest BCUT2D eigenvalue weighted by Gasteiger charge is 2.51. The van der Waals surface area contributed by atoms with Gasteiger partial charge in [0.05, 0.1) is 0 Å². The first-order valence-corrected chi connectivity index (χ1v) is 23.4. The third kappa shape index (κ3) is 10.7. The van der Waals surface area contributed by atoms with Gasteiger partial charge in [0, 0.05) is 25.8 Å². The lowest BCUT2D eigenvalue weighted by Crippen LogP contribution is -2.68. The molecule has 0 radical (unpaired) electrons. The van der Waals surface area contributed by atoms with E-state index in [0.717, 1.165) is 21.5 Å². The second kappa shape index (κ2) is 20.2. The maximum absolute atomic E-state index is 14.2. The minimum absolute atomic E-state index is 0.0198. The van der Waals surface area contributed by atoms with E-state index in [4.69, 9.17) is 4.43 Å². The Labute approximate surface area is 356 Å². The zero-order valence-corrected chi connectivity index (χ0v) is 36.4. The number of fused-ring (bicyclic) bond motifs is 1. The number of hydrogen-bond donors (Lipinski definition) is 3. The number of ketones is 1. The summed E-state index contributed by atoms with van der Waals surface area (Å²) in [4.78, 5) is 71.6. The second-order valence-electron chi connectivity index (χ2n) is 17.2. The molecule has 0 aliphatic carbocycles. The standard InChI is InChI=1S/C49H60N4O6Si/c1-35(59-60(49(2,3)4,38-25-14-7-15-26-38)39-27-16-8-17-28-39)44(54)31-19-9-18-29-40-45(55)51-41(33-36-21-10-5-11-22-36)46(56)52-42(34-37-23-12-6-13-24-37)48(58)53-32-20-30-43(53)47(57)50-40/h5-8,10-17,21-28,35,40-43H,9,18-20,29-34H2,1-4H3,(H,50,57)(H,51,55)(H,52,56)/t35-,40+,41+,42+,43-/m1/s1. The van der Waals surface area contributed by atoms with Gasteiger partial charge in [-0.3, -0.25) is 24.0 Å². The molecule has 4 aromatic carbocycles. The average Bonchev–Trinajstić information content (AvgIpc) is 3.75. The molecule has 10 nitrogen and oxygen atoms in total. The summed E-state index contributed by atoms with van der Waals surface area (Å²) in [5.74, 6) is -1.60. The summed E-state index contributed by atoms with van der Waals surface area (Å²) in [6.07, 6.45) is 3.30. The monoisotopic (exact) mass is 828 g/mol. The Kier molecular flexibility index (Phi) is 14.9. The minimum atomic E-state index is -2.92. The van der Waals surface area contributed by atoms with Gasteiger partial charge in [0.1, 0.15) is 30.3 Å². The molecule has 3 N–H and O–H groups in total. The van der Waals surface area contributed by atoms with Crippen molar-refractivity contribution in [3.05, 3.63) is 132 Å². The first-order chi connectivity index (χ1) is 28.9. The van der Waals surface area contributed by atoms with E-state index >= 15 is 0 Å². The van der Waals surface area contributed by atoms with E-state index < -0.39 is 50.4 Å². The van der Waals surface area contributed by atoms with E-state index in [-0.39, 0.29) is 35.5 Å². The van der Waals surface area contributed by atoms with Crippen LogP contribution in [0.2, 0.25) is 5.04 Å². The Morgan fingerprint density at radius 3 is 1.70 bits per heavy atom. The first kappa shape index (κ1) is 44.2. The van der Waals surface area contributed by atoms with Crippen molar-refractivity contribution >= 4 is 48.1 Å². The van der Waals surface area contributed by atoms with Crippen LogP contribution in [0.3, 0.4) is 0 Å². The molecular weight excluding hydrogens is 769 g/mol. The lowest BCUT2D eigenvalue weighted by atomic mass is 10.00. The van der Waals surface area contributed by atoms with Gasteiger partial charge in [0.25, 0.3) is 8.32 Å². The van der Waals surface area contributed by atoms with Crippen LogP contribution in [0.5, 0.6) is 0 Å². The molecule has 11 heteroatoms. The fraction of sp³-hybridized carbons (Fsp3) is 0.408. The molecule has 2 fully saturated rings. The summed E-state index contributed by atoms with van der Waals surface area (Å²) in [7, 11) is -2.92. The van der Waals surface area contributed by atoms with Gasteiger partial charge in [-0.15, -0.1) is 0 Å². The van der Waals surface area contributed by atoms with Crippen LogP contribution in [0.4, 0.5) is 0 Å². The Morgan fingerprint density at radius 1 is 0.667 bits per heavy atom. The highest BCUT2D eigenvalue weighted by Crippen LogP contribution is 2.37. The van der Waals surface area contributed by atoms with Crippen molar-refractivity contribution in [2.45, 2.75) is 121 Å².